The van der Waals surface area contributed by atoms with Crippen LogP contribution in [0.4, 0.5) is 10.5 Å². The molecular weight excluding hydrogens is 354 g/mol. The maximum atomic E-state index is 12.4. The molecule has 0 atom stereocenters. The van der Waals surface area contributed by atoms with Gasteiger partial charge in [-0.3, -0.25) is 4.72 Å². The normalized spacial score (nSPS) is 11.7. The second-order valence-corrected chi connectivity index (χ2v) is 7.21. The van der Waals surface area contributed by atoms with Crippen molar-refractivity contribution < 1.29 is 17.9 Å². The summed E-state index contributed by atoms with van der Waals surface area (Å²) in [6, 6.07) is 13.3. The number of sulfonamides is 1. The maximum absolute atomic E-state index is 12.4. The molecule has 7 nitrogen and oxygen atoms in total. The Morgan fingerprint density at radius 1 is 1.08 bits per heavy atom. The number of carbonyl (C=O) groups is 1. The molecule has 0 unspecified atom stereocenters. The topological polar surface area (TPSA) is 96.9 Å². The van der Waals surface area contributed by atoms with Gasteiger partial charge in [-0.25, -0.2) is 18.6 Å². The third-order valence-corrected chi connectivity index (χ3v) is 4.87. The summed E-state index contributed by atoms with van der Waals surface area (Å²) in [6.45, 7) is 5.57. The quantitative estimate of drug-likeness (QED) is 0.598. The van der Waals surface area contributed by atoms with Crippen LogP contribution in [-0.4, -0.2) is 26.8 Å². The number of nitrogens with one attached hydrogen (secondary N) is 2. The van der Waals surface area contributed by atoms with E-state index in [0.717, 1.165) is 11.1 Å². The zero-order valence-electron chi connectivity index (χ0n) is 14.8. The first-order chi connectivity index (χ1) is 12.3. The second kappa shape index (κ2) is 8.48. The number of anilines is 1. The van der Waals surface area contributed by atoms with Crippen LogP contribution >= 0.6 is 0 Å². The van der Waals surface area contributed by atoms with Crippen molar-refractivity contribution in [1.82, 2.24) is 5.43 Å². The highest BCUT2D eigenvalue weighted by atomic mass is 32.2. The second-order valence-electron chi connectivity index (χ2n) is 5.53. The van der Waals surface area contributed by atoms with Crippen molar-refractivity contribution in [2.45, 2.75) is 25.7 Å². The van der Waals surface area contributed by atoms with Crippen molar-refractivity contribution in [3.05, 3.63) is 59.7 Å². The predicted octanol–water partition coefficient (Wildman–Crippen LogP) is 3.27. The van der Waals surface area contributed by atoms with E-state index in [1.807, 2.05) is 6.92 Å². The minimum atomic E-state index is -3.64. The minimum Gasteiger partial charge on any atom is -0.449 e. The first-order valence-electron chi connectivity index (χ1n) is 7.99. The molecule has 1 amide bonds. The minimum absolute atomic E-state index is 0.198. The SMILES string of the molecule is CCOC(=O)N/N=C(/C)c1ccc(NS(=O)(=O)c2ccc(C)cc2)cc1. The van der Waals surface area contributed by atoms with Gasteiger partial charge in [-0.05, 0) is 50.6 Å². The van der Waals surface area contributed by atoms with Gasteiger partial charge < -0.3 is 4.74 Å². The monoisotopic (exact) mass is 375 g/mol. The van der Waals surface area contributed by atoms with Crippen LogP contribution in [0.1, 0.15) is 25.0 Å². The zero-order chi connectivity index (χ0) is 19.2. The third-order valence-electron chi connectivity index (χ3n) is 3.48. The molecule has 2 aromatic carbocycles. The molecule has 0 saturated carbocycles. The average Bonchev–Trinajstić information content (AvgIpc) is 2.60. The zero-order valence-corrected chi connectivity index (χ0v) is 15.6. The number of hydrogen-bond donors (Lipinski definition) is 2. The van der Waals surface area contributed by atoms with Crippen LogP contribution in [-0.2, 0) is 14.8 Å². The smallest absolute Gasteiger partial charge is 0.427 e. The summed E-state index contributed by atoms with van der Waals surface area (Å²) in [7, 11) is -3.64. The van der Waals surface area contributed by atoms with Crippen molar-refractivity contribution in [3.8, 4) is 0 Å². The van der Waals surface area contributed by atoms with Crippen molar-refractivity contribution in [2.24, 2.45) is 5.10 Å². The Bertz CT molecular complexity index is 889. The summed E-state index contributed by atoms with van der Waals surface area (Å²) in [5.41, 5.74) is 4.99. The number of hydrogen-bond acceptors (Lipinski definition) is 5. The van der Waals surface area contributed by atoms with E-state index in [-0.39, 0.29) is 11.5 Å². The van der Waals surface area contributed by atoms with Gasteiger partial charge in [0.1, 0.15) is 0 Å². The maximum Gasteiger partial charge on any atom is 0.427 e. The van der Waals surface area contributed by atoms with E-state index in [1.54, 1.807) is 62.4 Å². The highest BCUT2D eigenvalue weighted by molar-refractivity contribution is 7.92. The Kier molecular flexibility index (Phi) is 6.35. The molecule has 2 rings (SSSR count). The van der Waals surface area contributed by atoms with E-state index in [1.165, 1.54) is 0 Å². The molecule has 138 valence electrons. The molecule has 26 heavy (non-hydrogen) atoms. The van der Waals surface area contributed by atoms with Gasteiger partial charge in [-0.1, -0.05) is 29.8 Å². The van der Waals surface area contributed by atoms with Crippen LogP contribution in [0.25, 0.3) is 0 Å². The van der Waals surface area contributed by atoms with Crippen molar-refractivity contribution >= 4 is 27.5 Å². The first kappa shape index (κ1) is 19.5. The molecule has 0 aliphatic heterocycles. The van der Waals surface area contributed by atoms with Crippen LogP contribution < -0.4 is 10.1 Å². The number of amides is 1. The fourth-order valence-electron chi connectivity index (χ4n) is 2.07. The lowest BCUT2D eigenvalue weighted by molar-refractivity contribution is 0.152. The molecule has 0 aromatic heterocycles. The van der Waals surface area contributed by atoms with Gasteiger partial charge in [-0.2, -0.15) is 5.10 Å². The molecule has 0 aliphatic rings. The number of ether oxygens (including phenoxy) is 1. The van der Waals surface area contributed by atoms with Crippen molar-refractivity contribution in [1.29, 1.82) is 0 Å². The van der Waals surface area contributed by atoms with Gasteiger partial charge in [0.15, 0.2) is 0 Å². The molecule has 2 aromatic rings. The lowest BCUT2D eigenvalue weighted by Crippen LogP contribution is -2.20. The predicted molar refractivity (Wildman–Crippen MR) is 101 cm³/mol. The fourth-order valence-corrected chi connectivity index (χ4v) is 3.13. The van der Waals surface area contributed by atoms with Crippen LogP contribution in [0.15, 0.2) is 58.5 Å². The third kappa shape index (κ3) is 5.32. The van der Waals surface area contributed by atoms with E-state index in [4.69, 9.17) is 4.74 Å². The molecule has 0 spiro atoms. The highest BCUT2D eigenvalue weighted by Crippen LogP contribution is 2.17. The Morgan fingerprint density at radius 3 is 2.27 bits per heavy atom. The number of carbonyl (C=O) groups excluding carboxylic acids is 1. The van der Waals surface area contributed by atoms with E-state index in [2.05, 4.69) is 15.2 Å². The van der Waals surface area contributed by atoms with Gasteiger partial charge in [0.25, 0.3) is 10.0 Å². The summed E-state index contributed by atoms with van der Waals surface area (Å²) in [5.74, 6) is 0. The van der Waals surface area contributed by atoms with E-state index >= 15 is 0 Å². The van der Waals surface area contributed by atoms with Crippen molar-refractivity contribution in [3.63, 3.8) is 0 Å². The van der Waals surface area contributed by atoms with E-state index in [0.29, 0.717) is 11.4 Å². The summed E-state index contributed by atoms with van der Waals surface area (Å²) in [5, 5.41) is 3.93. The summed E-state index contributed by atoms with van der Waals surface area (Å²) < 4.78 is 32.0. The van der Waals surface area contributed by atoms with Gasteiger partial charge in [0.2, 0.25) is 0 Å². The Labute approximate surface area is 153 Å². The molecule has 2 N–H and O–H groups in total. The van der Waals surface area contributed by atoms with Crippen LogP contribution in [0.2, 0.25) is 0 Å². The lowest BCUT2D eigenvalue weighted by Gasteiger charge is -2.09. The molecule has 0 radical (unpaired) electrons. The van der Waals surface area contributed by atoms with Gasteiger partial charge >= 0.3 is 6.09 Å². The first-order valence-corrected chi connectivity index (χ1v) is 9.47. The average molecular weight is 375 g/mol. The van der Waals surface area contributed by atoms with Crippen LogP contribution in [0.5, 0.6) is 0 Å². The molecule has 0 heterocycles. The summed E-state index contributed by atoms with van der Waals surface area (Å²) in [6.07, 6.45) is -0.630. The fraction of sp³-hybridized carbons (Fsp3) is 0.222. The highest BCUT2D eigenvalue weighted by Gasteiger charge is 2.13. The Hall–Kier alpha value is -2.87. The Balaban J connectivity index is 2.08. The number of nitrogens with zero attached hydrogens (tertiary/aromatic N) is 1. The molecule has 0 fully saturated rings. The Morgan fingerprint density at radius 2 is 1.69 bits per heavy atom. The lowest BCUT2D eigenvalue weighted by atomic mass is 10.1. The molecular formula is C18H21N3O4S. The largest absolute Gasteiger partial charge is 0.449 e. The van der Waals surface area contributed by atoms with Crippen molar-refractivity contribution in [2.75, 3.05) is 11.3 Å². The van der Waals surface area contributed by atoms with Gasteiger partial charge in [-0.15, -0.1) is 0 Å². The van der Waals surface area contributed by atoms with Crippen LogP contribution in [0.3, 0.4) is 0 Å². The van der Waals surface area contributed by atoms with Gasteiger partial charge in [0, 0.05) is 5.69 Å². The number of rotatable bonds is 6. The molecule has 8 heteroatoms. The standard InChI is InChI=1S/C18H21N3O4S/c1-4-25-18(22)20-19-14(3)15-7-9-16(10-8-15)21-26(23,24)17-11-5-13(2)6-12-17/h5-12,21H,4H2,1-3H3,(H,20,22)/b19-14-. The number of benzene rings is 2. The molecule has 0 bridgehead atoms. The van der Waals surface area contributed by atoms with Crippen LogP contribution in [0, 0.1) is 6.92 Å². The van der Waals surface area contributed by atoms with E-state index < -0.39 is 16.1 Å². The summed E-state index contributed by atoms with van der Waals surface area (Å²) in [4.78, 5) is 11.4. The van der Waals surface area contributed by atoms with E-state index in [9.17, 15) is 13.2 Å². The summed E-state index contributed by atoms with van der Waals surface area (Å²) >= 11 is 0. The number of aryl methyl sites for hydroxylation is 1. The molecule has 0 saturated heterocycles. The molecule has 0 aliphatic carbocycles. The number of hydrazone groups is 1. The van der Waals surface area contributed by atoms with Gasteiger partial charge in [0.05, 0.1) is 17.2 Å².